The summed E-state index contributed by atoms with van der Waals surface area (Å²) in [4.78, 5) is 11.0. The van der Waals surface area contributed by atoms with Gasteiger partial charge in [0.1, 0.15) is 5.69 Å². The first kappa shape index (κ1) is 14.0. The van der Waals surface area contributed by atoms with Crippen LogP contribution in [-0.4, -0.2) is 21.3 Å². The zero-order valence-corrected chi connectivity index (χ0v) is 12.1. The lowest BCUT2D eigenvalue weighted by Crippen LogP contribution is -2.07. The number of rotatable bonds is 4. The van der Waals surface area contributed by atoms with Crippen molar-refractivity contribution < 1.29 is 4.79 Å². The Hall–Kier alpha value is -1.39. The van der Waals surface area contributed by atoms with Gasteiger partial charge in [-0.3, -0.25) is 4.79 Å². The Kier molecular flexibility index (Phi) is 4.22. The summed E-state index contributed by atoms with van der Waals surface area (Å²) in [7, 11) is 0. The Labute approximate surface area is 121 Å². The van der Waals surface area contributed by atoms with E-state index in [1.165, 1.54) is 0 Å². The average molecular weight is 298 g/mol. The van der Waals surface area contributed by atoms with Crippen molar-refractivity contribution in [3.8, 4) is 5.69 Å². The first-order valence-electron chi connectivity index (χ1n) is 5.88. The molecule has 6 heteroatoms. The van der Waals surface area contributed by atoms with Gasteiger partial charge in [-0.2, -0.15) is 0 Å². The second kappa shape index (κ2) is 5.72. The second-order valence-corrected chi connectivity index (χ2v) is 5.46. The van der Waals surface area contributed by atoms with Crippen LogP contribution in [0.4, 0.5) is 0 Å². The minimum atomic E-state index is 0.361. The van der Waals surface area contributed by atoms with Crippen LogP contribution in [0.3, 0.4) is 0 Å². The number of halogens is 2. The number of hydrogen-bond donors (Lipinski definition) is 0. The summed E-state index contributed by atoms with van der Waals surface area (Å²) in [5.74, 6) is 0.388. The van der Waals surface area contributed by atoms with E-state index in [1.54, 1.807) is 22.9 Å². The maximum Gasteiger partial charge on any atom is 0.172 e. The van der Waals surface area contributed by atoms with Crippen LogP contribution >= 0.6 is 23.2 Å². The van der Waals surface area contributed by atoms with Gasteiger partial charge in [-0.05, 0) is 30.5 Å². The molecule has 19 heavy (non-hydrogen) atoms. The van der Waals surface area contributed by atoms with Crippen molar-refractivity contribution in [1.29, 1.82) is 0 Å². The molecule has 1 aromatic heterocycles. The van der Waals surface area contributed by atoms with E-state index in [2.05, 4.69) is 24.2 Å². The van der Waals surface area contributed by atoms with Gasteiger partial charge in [0.2, 0.25) is 0 Å². The van der Waals surface area contributed by atoms with E-state index in [0.29, 0.717) is 28.1 Å². The van der Waals surface area contributed by atoms with E-state index in [1.807, 2.05) is 0 Å². The van der Waals surface area contributed by atoms with Gasteiger partial charge in [0.15, 0.2) is 6.29 Å². The third-order valence-corrected chi connectivity index (χ3v) is 3.39. The normalized spacial score (nSPS) is 11.0. The Morgan fingerprint density at radius 1 is 1.32 bits per heavy atom. The van der Waals surface area contributed by atoms with Gasteiger partial charge >= 0.3 is 0 Å². The number of hydrogen-bond acceptors (Lipinski definition) is 3. The summed E-state index contributed by atoms with van der Waals surface area (Å²) in [5, 5.41) is 8.82. The molecule has 4 nitrogen and oxygen atoms in total. The molecule has 0 aliphatic rings. The molecular weight excluding hydrogens is 285 g/mol. The minimum Gasteiger partial charge on any atom is -0.296 e. The minimum absolute atomic E-state index is 0.361. The third-order valence-electron chi connectivity index (χ3n) is 2.65. The fraction of sp³-hybridized carbons (Fsp3) is 0.308. The number of aromatic nitrogens is 3. The van der Waals surface area contributed by atoms with Crippen LogP contribution in [-0.2, 0) is 6.42 Å². The molecule has 0 amide bonds. The van der Waals surface area contributed by atoms with Gasteiger partial charge in [-0.25, -0.2) is 4.68 Å². The molecule has 0 N–H and O–H groups in total. The Morgan fingerprint density at radius 3 is 2.63 bits per heavy atom. The molecule has 0 fully saturated rings. The van der Waals surface area contributed by atoms with E-state index in [4.69, 9.17) is 23.2 Å². The van der Waals surface area contributed by atoms with Gasteiger partial charge in [0.05, 0.1) is 21.4 Å². The quantitative estimate of drug-likeness (QED) is 0.810. The van der Waals surface area contributed by atoms with Crippen LogP contribution in [0.1, 0.15) is 30.0 Å². The fourth-order valence-electron chi connectivity index (χ4n) is 1.81. The molecule has 0 radical (unpaired) electrons. The van der Waals surface area contributed by atoms with Crippen molar-refractivity contribution in [2.45, 2.75) is 20.3 Å². The lowest BCUT2D eigenvalue weighted by molar-refractivity contribution is 0.111. The van der Waals surface area contributed by atoms with Crippen molar-refractivity contribution in [2.75, 3.05) is 0 Å². The lowest BCUT2D eigenvalue weighted by atomic mass is 10.1. The highest BCUT2D eigenvalue weighted by molar-refractivity contribution is 6.42. The molecule has 1 heterocycles. The molecule has 0 bridgehead atoms. The Bertz CT molecular complexity index is 608. The number of carbonyl (C=O) groups is 1. The van der Waals surface area contributed by atoms with Crippen LogP contribution in [0, 0.1) is 5.92 Å². The molecular formula is C13H13Cl2N3O. The predicted molar refractivity (Wildman–Crippen MR) is 75.3 cm³/mol. The van der Waals surface area contributed by atoms with E-state index in [-0.39, 0.29) is 0 Å². The highest BCUT2D eigenvalue weighted by atomic mass is 35.5. The highest BCUT2D eigenvalue weighted by Crippen LogP contribution is 2.25. The Balaban J connectivity index is 2.51. The van der Waals surface area contributed by atoms with Gasteiger partial charge in [0, 0.05) is 0 Å². The summed E-state index contributed by atoms with van der Waals surface area (Å²) < 4.78 is 1.63. The fourth-order valence-corrected chi connectivity index (χ4v) is 2.10. The third kappa shape index (κ3) is 2.96. The second-order valence-electron chi connectivity index (χ2n) is 4.65. The van der Waals surface area contributed by atoms with Crippen LogP contribution < -0.4 is 0 Å². The maximum atomic E-state index is 11.0. The molecule has 0 spiro atoms. The topological polar surface area (TPSA) is 47.8 Å². The maximum absolute atomic E-state index is 11.0. The van der Waals surface area contributed by atoms with Crippen LogP contribution in [0.15, 0.2) is 18.2 Å². The van der Waals surface area contributed by atoms with Crippen LogP contribution in [0.25, 0.3) is 5.69 Å². The predicted octanol–water partition coefficient (Wildman–Crippen LogP) is 3.59. The summed E-state index contributed by atoms with van der Waals surface area (Å²) in [6, 6.07) is 5.19. The standard InChI is InChI=1S/C13H13Cl2N3O/c1-8(2)5-13-12(7-19)16-17-18(13)9-3-4-10(14)11(15)6-9/h3-4,6-8H,5H2,1-2H3. The molecule has 0 atom stereocenters. The van der Waals surface area contributed by atoms with Crippen molar-refractivity contribution >= 4 is 29.5 Å². The van der Waals surface area contributed by atoms with Gasteiger partial charge < -0.3 is 0 Å². The van der Waals surface area contributed by atoms with Crippen molar-refractivity contribution in [3.05, 3.63) is 39.6 Å². The summed E-state index contributed by atoms with van der Waals surface area (Å²) in [6.45, 7) is 4.14. The van der Waals surface area contributed by atoms with Gasteiger partial charge in [-0.15, -0.1) is 5.10 Å². The van der Waals surface area contributed by atoms with E-state index in [9.17, 15) is 4.79 Å². The van der Waals surface area contributed by atoms with Crippen molar-refractivity contribution in [2.24, 2.45) is 5.92 Å². The van der Waals surface area contributed by atoms with E-state index in [0.717, 1.165) is 17.7 Å². The number of carbonyl (C=O) groups excluding carboxylic acids is 1. The zero-order chi connectivity index (χ0) is 14.0. The Morgan fingerprint density at radius 2 is 2.05 bits per heavy atom. The van der Waals surface area contributed by atoms with Crippen molar-refractivity contribution in [1.82, 2.24) is 15.0 Å². The molecule has 100 valence electrons. The molecule has 0 saturated heterocycles. The molecule has 0 saturated carbocycles. The summed E-state index contributed by atoms with van der Waals surface area (Å²) >= 11 is 11.9. The molecule has 0 aliphatic carbocycles. The summed E-state index contributed by atoms with van der Waals surface area (Å²) in [5.41, 5.74) is 1.88. The largest absolute Gasteiger partial charge is 0.296 e. The van der Waals surface area contributed by atoms with Crippen molar-refractivity contribution in [3.63, 3.8) is 0 Å². The van der Waals surface area contributed by atoms with Gasteiger partial charge in [0.25, 0.3) is 0 Å². The van der Waals surface area contributed by atoms with E-state index >= 15 is 0 Å². The first-order chi connectivity index (χ1) is 9.02. The zero-order valence-electron chi connectivity index (χ0n) is 10.6. The highest BCUT2D eigenvalue weighted by Gasteiger charge is 2.15. The van der Waals surface area contributed by atoms with Gasteiger partial charge in [-0.1, -0.05) is 42.3 Å². The summed E-state index contributed by atoms with van der Waals surface area (Å²) in [6.07, 6.45) is 1.43. The average Bonchev–Trinajstić information content (AvgIpc) is 2.75. The molecule has 2 aromatic rings. The molecule has 2 rings (SSSR count). The number of benzene rings is 1. The SMILES string of the molecule is CC(C)Cc1c(C=O)nnn1-c1ccc(Cl)c(Cl)c1. The molecule has 0 unspecified atom stereocenters. The van der Waals surface area contributed by atoms with E-state index < -0.39 is 0 Å². The molecule has 0 aliphatic heterocycles. The monoisotopic (exact) mass is 297 g/mol. The van der Waals surface area contributed by atoms with Crippen LogP contribution in [0.5, 0.6) is 0 Å². The van der Waals surface area contributed by atoms with Crippen LogP contribution in [0.2, 0.25) is 10.0 Å². The smallest absolute Gasteiger partial charge is 0.172 e. The lowest BCUT2D eigenvalue weighted by Gasteiger charge is -2.09. The molecule has 1 aromatic carbocycles. The number of aldehydes is 1. The number of nitrogens with zero attached hydrogens (tertiary/aromatic N) is 3. The first-order valence-corrected chi connectivity index (χ1v) is 6.63.